The summed E-state index contributed by atoms with van der Waals surface area (Å²) in [6.45, 7) is 3.65. The van der Waals surface area contributed by atoms with Gasteiger partial charge in [-0.05, 0) is 12.1 Å². The fourth-order valence-corrected chi connectivity index (χ4v) is 1.07. The summed E-state index contributed by atoms with van der Waals surface area (Å²) in [7, 11) is 0. The summed E-state index contributed by atoms with van der Waals surface area (Å²) in [4.78, 5) is 11.1. The number of carbonyl (C=O) groups excluding carboxylic acids is 1. The first-order valence-corrected chi connectivity index (χ1v) is 4.96. The van der Waals surface area contributed by atoms with E-state index in [1.165, 1.54) is 12.1 Å². The van der Waals surface area contributed by atoms with E-state index >= 15 is 0 Å². The van der Waals surface area contributed by atoms with E-state index in [1.54, 1.807) is 6.08 Å². The zero-order valence-electron chi connectivity index (χ0n) is 8.50. The molecule has 0 bridgehead atoms. The zero-order chi connectivity index (χ0) is 12.0. The molecule has 0 aliphatic heterocycles. The molecule has 0 saturated carbocycles. The van der Waals surface area contributed by atoms with Gasteiger partial charge in [0, 0.05) is 12.6 Å². The molecule has 0 aromatic heterocycles. The molecule has 0 heterocycles. The van der Waals surface area contributed by atoms with E-state index in [4.69, 9.17) is 16.3 Å². The van der Waals surface area contributed by atoms with Crippen LogP contribution in [0.5, 0.6) is 5.75 Å². The van der Waals surface area contributed by atoms with Gasteiger partial charge in [0.1, 0.15) is 11.6 Å². The first kappa shape index (κ1) is 12.5. The highest BCUT2D eigenvalue weighted by molar-refractivity contribution is 6.30. The van der Waals surface area contributed by atoms with Gasteiger partial charge in [0.2, 0.25) is 0 Å². The number of rotatable bonds is 5. The van der Waals surface area contributed by atoms with Crippen molar-refractivity contribution in [3.63, 3.8) is 0 Å². The molecule has 5 heteroatoms. The number of amides is 1. The van der Waals surface area contributed by atoms with Crippen molar-refractivity contribution in [1.29, 1.82) is 0 Å². The third-order valence-corrected chi connectivity index (χ3v) is 2.01. The molecule has 0 fully saturated rings. The predicted molar refractivity (Wildman–Crippen MR) is 60.1 cm³/mol. The second-order valence-electron chi connectivity index (χ2n) is 2.96. The van der Waals surface area contributed by atoms with Crippen molar-refractivity contribution in [3.05, 3.63) is 41.7 Å². The predicted octanol–water partition coefficient (Wildman–Crippen LogP) is 2.16. The first-order valence-electron chi connectivity index (χ1n) is 4.59. The Morgan fingerprint density at radius 1 is 1.62 bits per heavy atom. The number of benzene rings is 1. The lowest BCUT2D eigenvalue weighted by molar-refractivity contribution is -0.122. The molecule has 0 aliphatic carbocycles. The van der Waals surface area contributed by atoms with Gasteiger partial charge in [-0.2, -0.15) is 0 Å². The Bertz CT molecular complexity index is 396. The third kappa shape index (κ3) is 3.90. The number of ether oxygens (including phenoxy) is 1. The van der Waals surface area contributed by atoms with Crippen LogP contribution in [-0.4, -0.2) is 19.1 Å². The molecule has 0 atom stereocenters. The number of carbonyl (C=O) groups is 1. The minimum atomic E-state index is -0.578. The van der Waals surface area contributed by atoms with E-state index in [9.17, 15) is 9.18 Å². The molecule has 1 aromatic carbocycles. The minimum Gasteiger partial charge on any atom is -0.484 e. The largest absolute Gasteiger partial charge is 0.484 e. The Balaban J connectivity index is 2.45. The van der Waals surface area contributed by atoms with Crippen LogP contribution in [0.3, 0.4) is 0 Å². The van der Waals surface area contributed by atoms with Crippen LogP contribution in [0.4, 0.5) is 4.39 Å². The fourth-order valence-electron chi connectivity index (χ4n) is 0.953. The van der Waals surface area contributed by atoms with E-state index in [0.717, 1.165) is 6.07 Å². The lowest BCUT2D eigenvalue weighted by Gasteiger charge is -2.06. The maximum atomic E-state index is 13.0. The third-order valence-electron chi connectivity index (χ3n) is 1.70. The van der Waals surface area contributed by atoms with Crippen molar-refractivity contribution in [2.75, 3.05) is 13.2 Å². The molecule has 0 radical (unpaired) electrons. The molecule has 86 valence electrons. The highest BCUT2D eigenvalue weighted by Gasteiger charge is 2.04. The van der Waals surface area contributed by atoms with Crippen LogP contribution in [0.25, 0.3) is 0 Å². The van der Waals surface area contributed by atoms with Gasteiger partial charge in [0.05, 0.1) is 5.02 Å². The van der Waals surface area contributed by atoms with Crippen molar-refractivity contribution >= 4 is 17.5 Å². The molecule has 1 rings (SSSR count). The van der Waals surface area contributed by atoms with E-state index in [1.807, 2.05) is 0 Å². The molecule has 0 aliphatic rings. The lowest BCUT2D eigenvalue weighted by Crippen LogP contribution is -2.28. The van der Waals surface area contributed by atoms with Crippen molar-refractivity contribution < 1.29 is 13.9 Å². The van der Waals surface area contributed by atoms with Crippen LogP contribution in [-0.2, 0) is 4.79 Å². The second kappa shape index (κ2) is 6.12. The zero-order valence-corrected chi connectivity index (χ0v) is 9.26. The normalized spacial score (nSPS) is 9.62. The van der Waals surface area contributed by atoms with Gasteiger partial charge in [0.25, 0.3) is 5.91 Å². The maximum absolute atomic E-state index is 13.0. The monoisotopic (exact) mass is 243 g/mol. The van der Waals surface area contributed by atoms with Crippen molar-refractivity contribution in [1.82, 2.24) is 5.32 Å². The summed E-state index contributed by atoms with van der Waals surface area (Å²) in [5.74, 6) is -0.614. The number of halogens is 2. The Labute approximate surface area is 97.9 Å². The quantitative estimate of drug-likeness (QED) is 0.805. The van der Waals surface area contributed by atoms with Crippen molar-refractivity contribution in [2.45, 2.75) is 0 Å². The van der Waals surface area contributed by atoms with E-state index < -0.39 is 5.82 Å². The molecule has 1 aromatic rings. The van der Waals surface area contributed by atoms with Gasteiger partial charge >= 0.3 is 0 Å². The van der Waals surface area contributed by atoms with Crippen LogP contribution < -0.4 is 10.1 Å². The Hall–Kier alpha value is -1.55. The second-order valence-corrected chi connectivity index (χ2v) is 3.36. The van der Waals surface area contributed by atoms with E-state index in [0.29, 0.717) is 6.54 Å². The molecule has 3 nitrogen and oxygen atoms in total. The molecule has 16 heavy (non-hydrogen) atoms. The number of hydrogen-bond acceptors (Lipinski definition) is 2. The average molecular weight is 244 g/mol. The van der Waals surface area contributed by atoms with Crippen molar-refractivity contribution in [2.24, 2.45) is 0 Å². The van der Waals surface area contributed by atoms with Gasteiger partial charge < -0.3 is 10.1 Å². The molecule has 1 N–H and O–H groups in total. The summed E-state index contributed by atoms with van der Waals surface area (Å²) in [6.07, 6.45) is 1.56. The van der Waals surface area contributed by atoms with Crippen LogP contribution in [0, 0.1) is 5.82 Å². The average Bonchev–Trinajstić information content (AvgIpc) is 2.28. The van der Waals surface area contributed by atoms with E-state index in [-0.39, 0.29) is 23.3 Å². The highest BCUT2D eigenvalue weighted by atomic mass is 35.5. The molecular formula is C11H11ClFNO2. The highest BCUT2D eigenvalue weighted by Crippen LogP contribution is 2.20. The van der Waals surface area contributed by atoms with Crippen LogP contribution >= 0.6 is 11.6 Å². The summed E-state index contributed by atoms with van der Waals surface area (Å²) < 4.78 is 18.0. The van der Waals surface area contributed by atoms with Crippen LogP contribution in [0.15, 0.2) is 30.9 Å². The number of nitrogens with one attached hydrogen (secondary N) is 1. The van der Waals surface area contributed by atoms with Gasteiger partial charge in [0.15, 0.2) is 6.61 Å². The topological polar surface area (TPSA) is 38.3 Å². The fraction of sp³-hybridized carbons (Fsp3) is 0.182. The molecular weight excluding hydrogens is 233 g/mol. The summed E-state index contributed by atoms with van der Waals surface area (Å²) in [5, 5.41) is 2.54. The van der Waals surface area contributed by atoms with Gasteiger partial charge in [-0.15, -0.1) is 6.58 Å². The van der Waals surface area contributed by atoms with Gasteiger partial charge in [-0.1, -0.05) is 17.7 Å². The maximum Gasteiger partial charge on any atom is 0.258 e. The summed E-state index contributed by atoms with van der Waals surface area (Å²) >= 11 is 5.49. The van der Waals surface area contributed by atoms with Crippen LogP contribution in [0.2, 0.25) is 5.02 Å². The van der Waals surface area contributed by atoms with Crippen molar-refractivity contribution in [3.8, 4) is 5.75 Å². The Morgan fingerprint density at radius 2 is 2.38 bits per heavy atom. The van der Waals surface area contributed by atoms with Gasteiger partial charge in [-0.25, -0.2) is 4.39 Å². The minimum absolute atomic E-state index is 0.0171. The standard InChI is InChI=1S/C11H11ClFNO2/c1-2-5-14-11(15)7-16-8-3-4-9(12)10(13)6-8/h2-4,6H,1,5,7H2,(H,14,15). The van der Waals surface area contributed by atoms with Crippen LogP contribution in [0.1, 0.15) is 0 Å². The Morgan fingerprint density at radius 3 is 3.00 bits per heavy atom. The summed E-state index contributed by atoms with van der Waals surface area (Å²) in [5.41, 5.74) is 0. The summed E-state index contributed by atoms with van der Waals surface area (Å²) in [6, 6.07) is 3.99. The first-order chi connectivity index (χ1) is 7.63. The molecule has 0 unspecified atom stereocenters. The SMILES string of the molecule is C=CCNC(=O)COc1ccc(Cl)c(F)c1. The molecule has 0 saturated heterocycles. The molecule has 1 amide bonds. The number of hydrogen-bond donors (Lipinski definition) is 1. The van der Waals surface area contributed by atoms with Gasteiger partial charge in [-0.3, -0.25) is 4.79 Å². The Kier molecular flexibility index (Phi) is 4.79. The smallest absolute Gasteiger partial charge is 0.258 e. The van der Waals surface area contributed by atoms with E-state index in [2.05, 4.69) is 11.9 Å². The lowest BCUT2D eigenvalue weighted by atomic mass is 10.3. The molecule has 0 spiro atoms.